The molecule has 2 heteroatoms. The molecule has 1 aromatic rings. The monoisotopic (exact) mass is 260 g/mol. The average molecular weight is 260 g/mol. The summed E-state index contributed by atoms with van der Waals surface area (Å²) in [4.78, 5) is 0. The zero-order valence-corrected chi connectivity index (χ0v) is 12.6. The van der Waals surface area contributed by atoms with Crippen LogP contribution in [0.4, 0.5) is 0 Å². The number of rotatable bonds is 5. The zero-order valence-electron chi connectivity index (χ0n) is 12.6. The van der Waals surface area contributed by atoms with Gasteiger partial charge >= 0.3 is 0 Å². The molecule has 0 radical (unpaired) electrons. The molecular weight excluding hydrogens is 232 g/mol. The average Bonchev–Trinajstić information content (AvgIpc) is 2.82. The maximum atomic E-state index is 6.12. The second-order valence-corrected chi connectivity index (χ2v) is 6.52. The minimum Gasteiger partial charge on any atom is -0.326 e. The van der Waals surface area contributed by atoms with Crippen LogP contribution in [0.1, 0.15) is 51.2 Å². The fourth-order valence-electron chi connectivity index (χ4n) is 2.92. The van der Waals surface area contributed by atoms with E-state index in [2.05, 4.69) is 50.4 Å². The Morgan fingerprint density at radius 2 is 1.89 bits per heavy atom. The van der Waals surface area contributed by atoms with Crippen LogP contribution in [0.5, 0.6) is 0 Å². The number of aryl methyl sites for hydroxylation is 1. The molecule has 0 heterocycles. The van der Waals surface area contributed by atoms with Gasteiger partial charge in [0.25, 0.3) is 0 Å². The maximum Gasteiger partial charge on any atom is 0.0219 e. The highest BCUT2D eigenvalue weighted by Crippen LogP contribution is 2.24. The fraction of sp³-hybridized carbons (Fsp3) is 0.647. The van der Waals surface area contributed by atoms with Gasteiger partial charge in [0.15, 0.2) is 0 Å². The minimum atomic E-state index is 0.161. The Morgan fingerprint density at radius 1 is 1.21 bits per heavy atom. The van der Waals surface area contributed by atoms with Crippen molar-refractivity contribution in [2.75, 3.05) is 6.54 Å². The highest BCUT2D eigenvalue weighted by atomic mass is 15.0. The van der Waals surface area contributed by atoms with Crippen molar-refractivity contribution in [2.24, 2.45) is 5.73 Å². The second-order valence-electron chi connectivity index (χ2n) is 6.52. The summed E-state index contributed by atoms with van der Waals surface area (Å²) in [6.45, 7) is 7.81. The number of hydrogen-bond acceptors (Lipinski definition) is 2. The van der Waals surface area contributed by atoms with Crippen molar-refractivity contribution in [3.05, 3.63) is 35.4 Å². The van der Waals surface area contributed by atoms with E-state index < -0.39 is 0 Å². The molecule has 0 amide bonds. The molecule has 1 fully saturated rings. The molecule has 1 aliphatic carbocycles. The highest BCUT2D eigenvalue weighted by molar-refractivity contribution is 5.28. The Bertz CT molecular complexity index is 394. The SMILES string of the molecule is CCc1ccc(C(C)(C)CNC2CCCC2N)cc1. The first-order chi connectivity index (χ1) is 9.03. The van der Waals surface area contributed by atoms with Crippen molar-refractivity contribution < 1.29 is 0 Å². The molecule has 106 valence electrons. The summed E-state index contributed by atoms with van der Waals surface area (Å²) in [5.74, 6) is 0. The Hall–Kier alpha value is -0.860. The minimum absolute atomic E-state index is 0.161. The van der Waals surface area contributed by atoms with E-state index in [9.17, 15) is 0 Å². The van der Waals surface area contributed by atoms with E-state index in [1.807, 2.05) is 0 Å². The van der Waals surface area contributed by atoms with Crippen molar-refractivity contribution in [1.82, 2.24) is 5.32 Å². The van der Waals surface area contributed by atoms with Crippen molar-refractivity contribution in [3.8, 4) is 0 Å². The van der Waals surface area contributed by atoms with Gasteiger partial charge in [0.2, 0.25) is 0 Å². The first-order valence-corrected chi connectivity index (χ1v) is 7.61. The zero-order chi connectivity index (χ0) is 13.9. The van der Waals surface area contributed by atoms with E-state index in [1.165, 1.54) is 30.4 Å². The van der Waals surface area contributed by atoms with Crippen LogP contribution >= 0.6 is 0 Å². The molecular formula is C17H28N2. The largest absolute Gasteiger partial charge is 0.326 e. The van der Waals surface area contributed by atoms with E-state index >= 15 is 0 Å². The van der Waals surface area contributed by atoms with Crippen LogP contribution in [0.25, 0.3) is 0 Å². The molecule has 3 N–H and O–H groups in total. The summed E-state index contributed by atoms with van der Waals surface area (Å²) < 4.78 is 0. The van der Waals surface area contributed by atoms with Crippen molar-refractivity contribution >= 4 is 0 Å². The molecule has 19 heavy (non-hydrogen) atoms. The molecule has 0 aliphatic heterocycles. The van der Waals surface area contributed by atoms with Gasteiger partial charge in [0.1, 0.15) is 0 Å². The molecule has 2 unspecified atom stereocenters. The lowest BCUT2D eigenvalue weighted by Gasteiger charge is -2.29. The Balaban J connectivity index is 1.96. The van der Waals surface area contributed by atoms with Gasteiger partial charge in [-0.15, -0.1) is 0 Å². The molecule has 0 bridgehead atoms. The summed E-state index contributed by atoms with van der Waals surface area (Å²) in [6.07, 6.45) is 4.77. The van der Waals surface area contributed by atoms with E-state index in [1.54, 1.807) is 0 Å². The van der Waals surface area contributed by atoms with Crippen LogP contribution in [-0.2, 0) is 11.8 Å². The van der Waals surface area contributed by atoms with Crippen molar-refractivity contribution in [3.63, 3.8) is 0 Å². The molecule has 0 aromatic heterocycles. The Labute approximate surface area is 117 Å². The van der Waals surface area contributed by atoms with Gasteiger partial charge in [-0.05, 0) is 30.4 Å². The fourth-order valence-corrected chi connectivity index (χ4v) is 2.92. The summed E-state index contributed by atoms with van der Waals surface area (Å²) in [5.41, 5.74) is 9.10. The molecule has 2 atom stereocenters. The first-order valence-electron chi connectivity index (χ1n) is 7.61. The van der Waals surface area contributed by atoms with Gasteiger partial charge < -0.3 is 11.1 Å². The molecule has 2 nitrogen and oxygen atoms in total. The molecule has 1 aromatic carbocycles. The maximum absolute atomic E-state index is 6.12. The third kappa shape index (κ3) is 3.58. The first kappa shape index (κ1) is 14.5. The normalized spacial score (nSPS) is 23.8. The van der Waals surface area contributed by atoms with Crippen LogP contribution in [0.3, 0.4) is 0 Å². The molecule has 1 saturated carbocycles. The predicted octanol–water partition coefficient (Wildman–Crippen LogP) is 3.00. The van der Waals surface area contributed by atoms with Crippen LogP contribution in [-0.4, -0.2) is 18.6 Å². The summed E-state index contributed by atoms with van der Waals surface area (Å²) >= 11 is 0. The van der Waals surface area contributed by atoms with Crippen LogP contribution in [0.2, 0.25) is 0 Å². The third-order valence-corrected chi connectivity index (χ3v) is 4.52. The van der Waals surface area contributed by atoms with E-state index in [-0.39, 0.29) is 5.41 Å². The quantitative estimate of drug-likeness (QED) is 0.854. The van der Waals surface area contributed by atoms with Crippen LogP contribution in [0.15, 0.2) is 24.3 Å². The summed E-state index contributed by atoms with van der Waals surface area (Å²) in [6, 6.07) is 9.90. The second kappa shape index (κ2) is 6.06. The number of nitrogens with one attached hydrogen (secondary N) is 1. The molecule has 2 rings (SSSR count). The Kier molecular flexibility index (Phi) is 4.64. The van der Waals surface area contributed by atoms with Crippen LogP contribution < -0.4 is 11.1 Å². The molecule has 1 aliphatic rings. The number of nitrogens with two attached hydrogens (primary N) is 1. The van der Waals surface area contributed by atoms with Gasteiger partial charge in [-0.2, -0.15) is 0 Å². The lowest BCUT2D eigenvalue weighted by atomic mass is 9.84. The molecule has 0 saturated heterocycles. The number of benzene rings is 1. The van der Waals surface area contributed by atoms with Crippen molar-refractivity contribution in [2.45, 2.75) is 64.0 Å². The smallest absolute Gasteiger partial charge is 0.0219 e. The third-order valence-electron chi connectivity index (χ3n) is 4.52. The Morgan fingerprint density at radius 3 is 2.42 bits per heavy atom. The van der Waals surface area contributed by atoms with E-state index in [0.717, 1.165) is 13.0 Å². The van der Waals surface area contributed by atoms with Crippen molar-refractivity contribution in [1.29, 1.82) is 0 Å². The standard InChI is InChI=1S/C17H28N2/c1-4-13-8-10-14(11-9-13)17(2,3)12-19-16-7-5-6-15(16)18/h8-11,15-16,19H,4-7,12,18H2,1-3H3. The number of hydrogen-bond donors (Lipinski definition) is 2. The summed E-state index contributed by atoms with van der Waals surface area (Å²) in [5, 5.41) is 3.67. The lowest BCUT2D eigenvalue weighted by molar-refractivity contribution is 0.400. The van der Waals surface area contributed by atoms with Gasteiger partial charge in [0.05, 0.1) is 0 Å². The van der Waals surface area contributed by atoms with Gasteiger partial charge in [0, 0.05) is 24.0 Å². The van der Waals surface area contributed by atoms with E-state index in [0.29, 0.717) is 12.1 Å². The summed E-state index contributed by atoms with van der Waals surface area (Å²) in [7, 11) is 0. The topological polar surface area (TPSA) is 38.0 Å². The van der Waals surface area contributed by atoms with Gasteiger partial charge in [-0.1, -0.05) is 51.5 Å². The predicted molar refractivity (Wildman–Crippen MR) is 82.5 cm³/mol. The lowest BCUT2D eigenvalue weighted by Crippen LogP contribution is -2.45. The van der Waals surface area contributed by atoms with Gasteiger partial charge in [-0.25, -0.2) is 0 Å². The van der Waals surface area contributed by atoms with E-state index in [4.69, 9.17) is 5.73 Å². The van der Waals surface area contributed by atoms with Gasteiger partial charge in [-0.3, -0.25) is 0 Å². The van der Waals surface area contributed by atoms with Crippen LogP contribution in [0, 0.1) is 0 Å². The molecule has 0 spiro atoms. The highest BCUT2D eigenvalue weighted by Gasteiger charge is 2.27.